The molecule has 2 aromatic rings. The molecule has 2 rings (SSSR count). The van der Waals surface area contributed by atoms with Crippen LogP contribution in [-0.2, 0) is 16.1 Å². The third-order valence-corrected chi connectivity index (χ3v) is 3.60. The fraction of sp³-hybridized carbons (Fsp3) is 0.263. The molecule has 24 heavy (non-hydrogen) atoms. The highest BCUT2D eigenvalue weighted by molar-refractivity contribution is 5.94. The van der Waals surface area contributed by atoms with Crippen LogP contribution in [0.5, 0.6) is 0 Å². The van der Waals surface area contributed by atoms with Gasteiger partial charge in [0.15, 0.2) is 0 Å². The molecule has 0 atom stereocenters. The van der Waals surface area contributed by atoms with E-state index in [4.69, 9.17) is 4.74 Å². The third kappa shape index (κ3) is 5.28. The van der Waals surface area contributed by atoms with Gasteiger partial charge in [0.1, 0.15) is 5.82 Å². The van der Waals surface area contributed by atoms with Gasteiger partial charge in [-0.05, 0) is 42.3 Å². The van der Waals surface area contributed by atoms with Gasteiger partial charge in [0.05, 0.1) is 18.8 Å². The van der Waals surface area contributed by atoms with E-state index in [-0.39, 0.29) is 11.7 Å². The van der Waals surface area contributed by atoms with E-state index in [0.29, 0.717) is 19.7 Å². The molecule has 0 bridgehead atoms. The SMILES string of the molecule is COCCN(Cc1ccccn1)C(=O)/C=C(/C)c1ccc(F)cc1. The second-order valence-corrected chi connectivity index (χ2v) is 5.41. The number of carbonyl (C=O) groups excluding carboxylic acids is 1. The van der Waals surface area contributed by atoms with Gasteiger partial charge in [-0.3, -0.25) is 9.78 Å². The van der Waals surface area contributed by atoms with Crippen LogP contribution in [-0.4, -0.2) is 36.1 Å². The van der Waals surface area contributed by atoms with Crippen molar-refractivity contribution in [2.24, 2.45) is 0 Å². The normalized spacial score (nSPS) is 11.4. The summed E-state index contributed by atoms with van der Waals surface area (Å²) in [4.78, 5) is 18.5. The number of carbonyl (C=O) groups is 1. The highest BCUT2D eigenvalue weighted by atomic mass is 19.1. The monoisotopic (exact) mass is 328 g/mol. The molecule has 0 spiro atoms. The molecule has 0 unspecified atom stereocenters. The first-order chi connectivity index (χ1) is 11.6. The third-order valence-electron chi connectivity index (χ3n) is 3.60. The molecule has 0 aliphatic rings. The zero-order valence-electron chi connectivity index (χ0n) is 13.9. The van der Waals surface area contributed by atoms with E-state index in [2.05, 4.69) is 4.98 Å². The fourth-order valence-electron chi connectivity index (χ4n) is 2.23. The van der Waals surface area contributed by atoms with Gasteiger partial charge in [-0.2, -0.15) is 0 Å². The minimum absolute atomic E-state index is 0.125. The van der Waals surface area contributed by atoms with Gasteiger partial charge in [-0.1, -0.05) is 18.2 Å². The van der Waals surface area contributed by atoms with Gasteiger partial charge in [-0.15, -0.1) is 0 Å². The number of aromatic nitrogens is 1. The molecule has 0 radical (unpaired) electrons. The first-order valence-corrected chi connectivity index (χ1v) is 7.72. The lowest BCUT2D eigenvalue weighted by molar-refractivity contribution is -0.127. The van der Waals surface area contributed by atoms with Gasteiger partial charge >= 0.3 is 0 Å². The molecule has 0 N–H and O–H groups in total. The number of hydrogen-bond acceptors (Lipinski definition) is 3. The number of allylic oxidation sites excluding steroid dienone is 1. The number of nitrogens with zero attached hydrogens (tertiary/aromatic N) is 2. The zero-order valence-corrected chi connectivity index (χ0v) is 13.9. The molecule has 4 nitrogen and oxygen atoms in total. The lowest BCUT2D eigenvalue weighted by Crippen LogP contribution is -2.32. The molecule has 0 fully saturated rings. The summed E-state index contributed by atoms with van der Waals surface area (Å²) in [6.07, 6.45) is 3.26. The lowest BCUT2D eigenvalue weighted by Gasteiger charge is -2.21. The quantitative estimate of drug-likeness (QED) is 0.733. The molecule has 5 heteroatoms. The van der Waals surface area contributed by atoms with Crippen molar-refractivity contribution in [3.8, 4) is 0 Å². The van der Waals surface area contributed by atoms with Crippen LogP contribution in [0.15, 0.2) is 54.7 Å². The number of rotatable bonds is 7. The summed E-state index contributed by atoms with van der Waals surface area (Å²) in [6.45, 7) is 3.16. The molecule has 0 aliphatic heterocycles. The van der Waals surface area contributed by atoms with Crippen LogP contribution in [0.3, 0.4) is 0 Å². The van der Waals surface area contributed by atoms with E-state index in [1.165, 1.54) is 12.1 Å². The van der Waals surface area contributed by atoms with Crippen molar-refractivity contribution < 1.29 is 13.9 Å². The average Bonchev–Trinajstić information content (AvgIpc) is 2.60. The van der Waals surface area contributed by atoms with Crippen LogP contribution < -0.4 is 0 Å². The predicted octanol–water partition coefficient (Wildman–Crippen LogP) is 3.30. The van der Waals surface area contributed by atoms with E-state index in [1.54, 1.807) is 36.4 Å². The largest absolute Gasteiger partial charge is 0.383 e. The van der Waals surface area contributed by atoms with E-state index in [1.807, 2.05) is 25.1 Å². The first-order valence-electron chi connectivity index (χ1n) is 7.72. The highest BCUT2D eigenvalue weighted by Gasteiger charge is 2.13. The summed E-state index contributed by atoms with van der Waals surface area (Å²) in [6, 6.07) is 11.7. The van der Waals surface area contributed by atoms with Crippen LogP contribution in [0.1, 0.15) is 18.2 Å². The van der Waals surface area contributed by atoms with Gasteiger partial charge < -0.3 is 9.64 Å². The van der Waals surface area contributed by atoms with Gasteiger partial charge in [0.2, 0.25) is 5.91 Å². The van der Waals surface area contributed by atoms with Crippen LogP contribution >= 0.6 is 0 Å². The number of benzene rings is 1. The maximum absolute atomic E-state index is 13.0. The Morgan fingerprint density at radius 3 is 2.62 bits per heavy atom. The van der Waals surface area contributed by atoms with E-state index < -0.39 is 0 Å². The minimum Gasteiger partial charge on any atom is -0.383 e. The number of hydrogen-bond donors (Lipinski definition) is 0. The van der Waals surface area contributed by atoms with Crippen molar-refractivity contribution in [3.63, 3.8) is 0 Å². The number of methoxy groups -OCH3 is 1. The lowest BCUT2D eigenvalue weighted by atomic mass is 10.1. The minimum atomic E-state index is -0.297. The van der Waals surface area contributed by atoms with Gasteiger partial charge in [0.25, 0.3) is 0 Å². The molecule has 0 aliphatic carbocycles. The zero-order chi connectivity index (χ0) is 17.4. The Kier molecular flexibility index (Phi) is 6.63. The van der Waals surface area contributed by atoms with Crippen LogP contribution in [0.4, 0.5) is 4.39 Å². The Hall–Kier alpha value is -2.53. The molecular weight excluding hydrogens is 307 g/mol. The topological polar surface area (TPSA) is 42.4 Å². The van der Waals surface area contributed by atoms with Crippen LogP contribution in [0.2, 0.25) is 0 Å². The Morgan fingerprint density at radius 1 is 1.25 bits per heavy atom. The average molecular weight is 328 g/mol. The first kappa shape index (κ1) is 17.8. The second kappa shape index (κ2) is 8.93. The number of ether oxygens (including phenoxy) is 1. The number of halogens is 1. The molecule has 126 valence electrons. The molecule has 0 saturated heterocycles. The standard InChI is InChI=1S/C19H21FN2O2/c1-15(16-6-8-17(20)9-7-16)13-19(23)22(11-12-24-2)14-18-5-3-4-10-21-18/h3-10,13H,11-12,14H2,1-2H3/b15-13-. The summed E-state index contributed by atoms with van der Waals surface area (Å²) in [5.74, 6) is -0.422. The molecule has 1 heterocycles. The van der Waals surface area contributed by atoms with Crippen molar-refractivity contribution in [3.05, 3.63) is 71.8 Å². The van der Waals surface area contributed by atoms with Crippen molar-refractivity contribution in [1.82, 2.24) is 9.88 Å². The van der Waals surface area contributed by atoms with Gasteiger partial charge in [-0.25, -0.2) is 4.39 Å². The summed E-state index contributed by atoms with van der Waals surface area (Å²) in [7, 11) is 1.60. The molecular formula is C19H21FN2O2. The summed E-state index contributed by atoms with van der Waals surface area (Å²) >= 11 is 0. The molecule has 1 aromatic heterocycles. The maximum Gasteiger partial charge on any atom is 0.247 e. The second-order valence-electron chi connectivity index (χ2n) is 5.41. The Bertz CT molecular complexity index is 684. The smallest absolute Gasteiger partial charge is 0.247 e. The van der Waals surface area contributed by atoms with E-state index in [9.17, 15) is 9.18 Å². The summed E-state index contributed by atoms with van der Waals surface area (Å²) < 4.78 is 18.1. The van der Waals surface area contributed by atoms with Crippen molar-refractivity contribution >= 4 is 11.5 Å². The van der Waals surface area contributed by atoms with Gasteiger partial charge in [0, 0.05) is 25.9 Å². The summed E-state index contributed by atoms with van der Waals surface area (Å²) in [5.41, 5.74) is 2.41. The predicted molar refractivity (Wildman–Crippen MR) is 91.6 cm³/mol. The van der Waals surface area contributed by atoms with Crippen LogP contribution in [0.25, 0.3) is 5.57 Å². The maximum atomic E-state index is 13.0. The van der Waals surface area contributed by atoms with Crippen molar-refractivity contribution in [2.75, 3.05) is 20.3 Å². The highest BCUT2D eigenvalue weighted by Crippen LogP contribution is 2.15. The summed E-state index contributed by atoms with van der Waals surface area (Å²) in [5, 5.41) is 0. The van der Waals surface area contributed by atoms with E-state index in [0.717, 1.165) is 16.8 Å². The van der Waals surface area contributed by atoms with E-state index >= 15 is 0 Å². The Morgan fingerprint density at radius 2 is 2.00 bits per heavy atom. The number of amides is 1. The molecule has 1 amide bonds. The Balaban J connectivity index is 2.14. The van der Waals surface area contributed by atoms with Crippen LogP contribution in [0, 0.1) is 5.82 Å². The molecule has 0 saturated carbocycles. The molecule has 1 aromatic carbocycles. The van der Waals surface area contributed by atoms with Crippen molar-refractivity contribution in [1.29, 1.82) is 0 Å². The number of pyridine rings is 1. The fourth-order valence-corrected chi connectivity index (χ4v) is 2.23. The van der Waals surface area contributed by atoms with Crippen molar-refractivity contribution in [2.45, 2.75) is 13.5 Å². The Labute approximate surface area is 141 Å².